The quantitative estimate of drug-likeness (QED) is 0.753. The fourth-order valence-corrected chi connectivity index (χ4v) is 0.975. The van der Waals surface area contributed by atoms with Crippen LogP contribution in [0.25, 0.3) is 6.08 Å². The monoisotopic (exact) mass is 186 g/mol. The highest BCUT2D eigenvalue weighted by molar-refractivity contribution is 6.30. The van der Waals surface area contributed by atoms with E-state index in [9.17, 15) is 4.39 Å². The van der Waals surface area contributed by atoms with Crippen LogP contribution in [0, 0.1) is 5.82 Å². The maximum atomic E-state index is 13.0. The summed E-state index contributed by atoms with van der Waals surface area (Å²) >= 11 is 5.54. The first kappa shape index (κ1) is 9.23. The third-order valence-electron chi connectivity index (χ3n) is 1.37. The van der Waals surface area contributed by atoms with E-state index in [1.165, 1.54) is 18.2 Å². The molecule has 0 saturated carbocycles. The normalized spacial score (nSPS) is 10.9. The minimum absolute atomic E-state index is 0.0952. The van der Waals surface area contributed by atoms with Gasteiger partial charge in [0.1, 0.15) is 5.82 Å². The molecule has 1 rings (SSSR count). The zero-order valence-corrected chi connectivity index (χ0v) is 7.05. The lowest BCUT2D eigenvalue weighted by Gasteiger charge is -1.96. The first-order valence-corrected chi connectivity index (χ1v) is 3.84. The fourth-order valence-electron chi connectivity index (χ4n) is 0.816. The van der Waals surface area contributed by atoms with Gasteiger partial charge >= 0.3 is 0 Å². The number of aliphatic hydroxyl groups is 1. The molecule has 12 heavy (non-hydrogen) atoms. The van der Waals surface area contributed by atoms with E-state index in [0.29, 0.717) is 10.6 Å². The molecule has 0 amide bonds. The van der Waals surface area contributed by atoms with Gasteiger partial charge in [-0.3, -0.25) is 0 Å². The van der Waals surface area contributed by atoms with Gasteiger partial charge in [-0.15, -0.1) is 0 Å². The SMILES string of the molecule is OCC=Cc1ccc(Cl)cc1F. The second kappa shape index (κ2) is 4.24. The van der Waals surface area contributed by atoms with Gasteiger partial charge < -0.3 is 5.11 Å². The molecule has 1 aromatic carbocycles. The maximum Gasteiger partial charge on any atom is 0.131 e. The van der Waals surface area contributed by atoms with Gasteiger partial charge in [0.05, 0.1) is 6.61 Å². The molecule has 0 heterocycles. The van der Waals surface area contributed by atoms with Crippen LogP contribution in [0.3, 0.4) is 0 Å². The minimum Gasteiger partial charge on any atom is -0.392 e. The van der Waals surface area contributed by atoms with Crippen LogP contribution in [-0.2, 0) is 0 Å². The molecule has 0 radical (unpaired) electrons. The Morgan fingerprint density at radius 3 is 2.83 bits per heavy atom. The maximum absolute atomic E-state index is 13.0. The van der Waals surface area contributed by atoms with Crippen molar-refractivity contribution in [2.75, 3.05) is 6.61 Å². The van der Waals surface area contributed by atoms with Gasteiger partial charge in [0.25, 0.3) is 0 Å². The smallest absolute Gasteiger partial charge is 0.131 e. The highest BCUT2D eigenvalue weighted by Crippen LogP contribution is 2.15. The van der Waals surface area contributed by atoms with Crippen molar-refractivity contribution in [3.05, 3.63) is 40.7 Å². The van der Waals surface area contributed by atoms with Crippen molar-refractivity contribution >= 4 is 17.7 Å². The molecule has 0 aliphatic heterocycles. The van der Waals surface area contributed by atoms with Crippen LogP contribution in [0.1, 0.15) is 5.56 Å². The average molecular weight is 187 g/mol. The molecule has 0 spiro atoms. The lowest BCUT2D eigenvalue weighted by Crippen LogP contribution is -1.81. The minimum atomic E-state index is -0.382. The molecule has 1 aromatic rings. The van der Waals surface area contributed by atoms with Gasteiger partial charge in [-0.1, -0.05) is 29.8 Å². The van der Waals surface area contributed by atoms with Crippen molar-refractivity contribution in [3.63, 3.8) is 0 Å². The van der Waals surface area contributed by atoms with Gasteiger partial charge in [0.2, 0.25) is 0 Å². The van der Waals surface area contributed by atoms with E-state index < -0.39 is 0 Å². The Kier molecular flexibility index (Phi) is 3.26. The van der Waals surface area contributed by atoms with Crippen molar-refractivity contribution < 1.29 is 9.50 Å². The summed E-state index contributed by atoms with van der Waals surface area (Å²) in [6.07, 6.45) is 2.97. The van der Waals surface area contributed by atoms with Gasteiger partial charge in [-0.25, -0.2) is 4.39 Å². The topological polar surface area (TPSA) is 20.2 Å². The van der Waals surface area contributed by atoms with Gasteiger partial charge in [0, 0.05) is 10.6 Å². The average Bonchev–Trinajstić information content (AvgIpc) is 2.03. The van der Waals surface area contributed by atoms with Gasteiger partial charge in [-0.2, -0.15) is 0 Å². The molecule has 1 N–H and O–H groups in total. The number of hydrogen-bond acceptors (Lipinski definition) is 1. The van der Waals surface area contributed by atoms with Crippen molar-refractivity contribution in [2.45, 2.75) is 0 Å². The molecular formula is C9H8ClFO. The molecule has 0 aliphatic carbocycles. The Morgan fingerprint density at radius 2 is 2.25 bits per heavy atom. The van der Waals surface area contributed by atoms with Crippen LogP contribution in [0.15, 0.2) is 24.3 Å². The molecule has 64 valence electrons. The Balaban J connectivity index is 2.94. The first-order valence-electron chi connectivity index (χ1n) is 3.46. The lowest BCUT2D eigenvalue weighted by atomic mass is 10.2. The zero-order valence-electron chi connectivity index (χ0n) is 6.30. The van der Waals surface area contributed by atoms with E-state index >= 15 is 0 Å². The summed E-state index contributed by atoms with van der Waals surface area (Å²) in [6, 6.07) is 4.39. The molecule has 0 unspecified atom stereocenters. The summed E-state index contributed by atoms with van der Waals surface area (Å²) in [7, 11) is 0. The summed E-state index contributed by atoms with van der Waals surface area (Å²) in [6.45, 7) is -0.0952. The van der Waals surface area contributed by atoms with Gasteiger partial charge in [-0.05, 0) is 12.1 Å². The molecule has 0 saturated heterocycles. The van der Waals surface area contributed by atoms with E-state index in [4.69, 9.17) is 16.7 Å². The second-order valence-electron chi connectivity index (χ2n) is 2.25. The summed E-state index contributed by atoms with van der Waals surface area (Å²) in [5.74, 6) is -0.382. The van der Waals surface area contributed by atoms with E-state index in [1.54, 1.807) is 12.1 Å². The molecule has 3 heteroatoms. The van der Waals surface area contributed by atoms with Crippen LogP contribution < -0.4 is 0 Å². The summed E-state index contributed by atoms with van der Waals surface area (Å²) in [5, 5.41) is 8.81. The highest BCUT2D eigenvalue weighted by Gasteiger charge is 1.97. The van der Waals surface area contributed by atoms with Crippen LogP contribution in [-0.4, -0.2) is 11.7 Å². The van der Waals surface area contributed by atoms with E-state index in [-0.39, 0.29) is 12.4 Å². The van der Waals surface area contributed by atoms with Crippen molar-refractivity contribution in [1.82, 2.24) is 0 Å². The van der Waals surface area contributed by atoms with Crippen molar-refractivity contribution in [1.29, 1.82) is 0 Å². The fraction of sp³-hybridized carbons (Fsp3) is 0.111. The lowest BCUT2D eigenvalue weighted by molar-refractivity contribution is 0.343. The standard InChI is InChI=1S/C9H8ClFO/c10-8-4-3-7(2-1-5-12)9(11)6-8/h1-4,6,12H,5H2. The van der Waals surface area contributed by atoms with Crippen molar-refractivity contribution in [3.8, 4) is 0 Å². The predicted octanol–water partition coefficient (Wildman–Crippen LogP) is 2.48. The Labute approximate surface area is 75.1 Å². The summed E-state index contributed by atoms with van der Waals surface area (Å²) < 4.78 is 13.0. The summed E-state index contributed by atoms with van der Waals surface area (Å²) in [4.78, 5) is 0. The number of aliphatic hydroxyl groups excluding tert-OH is 1. The van der Waals surface area contributed by atoms with Crippen LogP contribution in [0.5, 0.6) is 0 Å². The predicted molar refractivity (Wildman–Crippen MR) is 47.5 cm³/mol. The first-order chi connectivity index (χ1) is 5.74. The van der Waals surface area contributed by atoms with E-state index in [0.717, 1.165) is 0 Å². The van der Waals surface area contributed by atoms with Crippen LogP contribution in [0.2, 0.25) is 5.02 Å². The Morgan fingerprint density at radius 1 is 1.50 bits per heavy atom. The number of benzene rings is 1. The molecule has 0 aliphatic rings. The number of hydrogen-bond donors (Lipinski definition) is 1. The Bertz CT molecular complexity index is 297. The van der Waals surface area contributed by atoms with Crippen LogP contribution >= 0.6 is 11.6 Å². The largest absolute Gasteiger partial charge is 0.392 e. The van der Waals surface area contributed by atoms with E-state index in [1.807, 2.05) is 0 Å². The van der Waals surface area contributed by atoms with E-state index in [2.05, 4.69) is 0 Å². The summed E-state index contributed by atoms with van der Waals surface area (Å²) in [5.41, 5.74) is 0.424. The molecule has 0 atom stereocenters. The highest BCUT2D eigenvalue weighted by atomic mass is 35.5. The molecule has 1 nitrogen and oxygen atoms in total. The number of halogens is 2. The zero-order chi connectivity index (χ0) is 8.97. The van der Waals surface area contributed by atoms with Gasteiger partial charge in [0.15, 0.2) is 0 Å². The molecule has 0 bridgehead atoms. The van der Waals surface area contributed by atoms with Crippen LogP contribution in [0.4, 0.5) is 4.39 Å². The van der Waals surface area contributed by atoms with Crippen molar-refractivity contribution in [2.24, 2.45) is 0 Å². The third kappa shape index (κ3) is 2.32. The number of rotatable bonds is 2. The molecule has 0 fully saturated rings. The Hall–Kier alpha value is -0.860. The molecule has 0 aromatic heterocycles. The molecular weight excluding hydrogens is 179 g/mol. The third-order valence-corrected chi connectivity index (χ3v) is 1.60. The second-order valence-corrected chi connectivity index (χ2v) is 2.69.